The van der Waals surface area contributed by atoms with Crippen molar-refractivity contribution in [1.29, 1.82) is 0 Å². The first kappa shape index (κ1) is 14.6. The molecule has 0 heterocycles. The quantitative estimate of drug-likeness (QED) is 0.828. The third-order valence-electron chi connectivity index (χ3n) is 3.70. The molecule has 1 fully saturated rings. The summed E-state index contributed by atoms with van der Waals surface area (Å²) >= 11 is 0. The number of rotatable bonds is 3. The van der Waals surface area contributed by atoms with Crippen LogP contribution in [0, 0.1) is 24.2 Å². The maximum atomic E-state index is 12.3. The van der Waals surface area contributed by atoms with Crippen LogP contribution < -0.4 is 5.32 Å². The van der Waals surface area contributed by atoms with Gasteiger partial charge in [0.2, 0.25) is 0 Å². The molecular weight excluding hydrogens is 250 g/mol. The third kappa shape index (κ3) is 3.40. The van der Waals surface area contributed by atoms with E-state index in [2.05, 4.69) is 31.0 Å². The van der Waals surface area contributed by atoms with E-state index < -0.39 is 0 Å². The Labute approximate surface area is 120 Å². The second-order valence-electron chi connectivity index (χ2n) is 6.04. The fourth-order valence-corrected chi connectivity index (χ4v) is 2.12. The predicted molar refractivity (Wildman–Crippen MR) is 79.4 cm³/mol. The van der Waals surface area contributed by atoms with Gasteiger partial charge in [-0.25, -0.2) is 0 Å². The largest absolute Gasteiger partial charge is 0.395 e. The second-order valence-corrected chi connectivity index (χ2v) is 6.04. The van der Waals surface area contributed by atoms with Crippen molar-refractivity contribution >= 4 is 5.91 Å². The molecule has 1 unspecified atom stereocenters. The Balaban J connectivity index is 2.18. The highest BCUT2D eigenvalue weighted by atomic mass is 16.2. The van der Waals surface area contributed by atoms with Gasteiger partial charge in [0.25, 0.3) is 5.91 Å². The average Bonchev–Trinajstić information content (AvgIpc) is 2.96. The summed E-state index contributed by atoms with van der Waals surface area (Å²) in [6, 6.07) is 5.92. The minimum absolute atomic E-state index is 0.0383. The molecule has 0 bridgehead atoms. The molecule has 2 rings (SSSR count). The summed E-state index contributed by atoms with van der Waals surface area (Å²) in [6.07, 6.45) is 1.45. The minimum atomic E-state index is -0.0612. The molecule has 1 aromatic carbocycles. The molecule has 1 amide bonds. The van der Waals surface area contributed by atoms with Crippen LogP contribution in [0.1, 0.15) is 48.2 Å². The van der Waals surface area contributed by atoms with Crippen molar-refractivity contribution in [2.75, 3.05) is 6.61 Å². The van der Waals surface area contributed by atoms with E-state index in [1.54, 1.807) is 0 Å². The summed E-state index contributed by atoms with van der Waals surface area (Å²) in [5.74, 6) is 5.80. The van der Waals surface area contributed by atoms with Crippen LogP contribution in [0.4, 0.5) is 0 Å². The number of aryl methyl sites for hydroxylation is 1. The van der Waals surface area contributed by atoms with Crippen molar-refractivity contribution in [3.63, 3.8) is 0 Å². The molecule has 3 nitrogen and oxygen atoms in total. The lowest BCUT2D eigenvalue weighted by Crippen LogP contribution is -2.29. The van der Waals surface area contributed by atoms with Gasteiger partial charge in [-0.1, -0.05) is 31.8 Å². The molecule has 0 saturated heterocycles. The molecule has 1 aromatic rings. The number of aliphatic hydroxyl groups excluding tert-OH is 1. The molecule has 0 aliphatic heterocycles. The first-order valence-electron chi connectivity index (χ1n) is 6.95. The maximum absolute atomic E-state index is 12.3. The topological polar surface area (TPSA) is 49.3 Å². The monoisotopic (exact) mass is 271 g/mol. The van der Waals surface area contributed by atoms with Gasteiger partial charge < -0.3 is 10.4 Å². The Bertz CT molecular complexity index is 578. The van der Waals surface area contributed by atoms with Crippen LogP contribution in [0.2, 0.25) is 0 Å². The molecular formula is C17H21NO2. The van der Waals surface area contributed by atoms with Crippen molar-refractivity contribution < 1.29 is 9.90 Å². The lowest BCUT2D eigenvalue weighted by molar-refractivity contribution is 0.0946. The van der Waals surface area contributed by atoms with Crippen LogP contribution in [-0.2, 0) is 0 Å². The van der Waals surface area contributed by atoms with Gasteiger partial charge in [0.1, 0.15) is 0 Å². The van der Waals surface area contributed by atoms with Gasteiger partial charge in [-0.05, 0) is 36.5 Å². The van der Waals surface area contributed by atoms with Crippen LogP contribution in [0.5, 0.6) is 0 Å². The van der Waals surface area contributed by atoms with Crippen LogP contribution in [0.15, 0.2) is 18.2 Å². The highest BCUT2D eigenvalue weighted by molar-refractivity contribution is 5.97. The van der Waals surface area contributed by atoms with Crippen molar-refractivity contribution in [1.82, 2.24) is 5.32 Å². The van der Waals surface area contributed by atoms with Crippen molar-refractivity contribution in [2.24, 2.45) is 5.41 Å². The molecule has 1 aliphatic carbocycles. The van der Waals surface area contributed by atoms with E-state index in [4.69, 9.17) is 5.11 Å². The van der Waals surface area contributed by atoms with Crippen molar-refractivity contribution in [2.45, 2.75) is 39.7 Å². The Morgan fingerprint density at radius 2 is 2.20 bits per heavy atom. The molecule has 1 saturated carbocycles. The number of nitrogens with one attached hydrogen (secondary N) is 1. The molecule has 1 atom stereocenters. The molecule has 0 aromatic heterocycles. The van der Waals surface area contributed by atoms with E-state index in [-0.39, 0.29) is 24.0 Å². The zero-order chi connectivity index (χ0) is 14.8. The molecule has 0 radical (unpaired) electrons. The summed E-state index contributed by atoms with van der Waals surface area (Å²) in [6.45, 7) is 6.31. The summed E-state index contributed by atoms with van der Waals surface area (Å²) in [7, 11) is 0. The Kier molecular flexibility index (Phi) is 4.15. The van der Waals surface area contributed by atoms with Gasteiger partial charge in [-0.15, -0.1) is 0 Å². The SMILES string of the molecule is Cc1ccc(C(=O)NC2CC2(C)C)c(C#CCCO)c1. The summed E-state index contributed by atoms with van der Waals surface area (Å²) in [4.78, 5) is 12.3. The minimum Gasteiger partial charge on any atom is -0.395 e. The van der Waals surface area contributed by atoms with E-state index in [9.17, 15) is 4.79 Å². The normalized spacial score (nSPS) is 18.9. The van der Waals surface area contributed by atoms with E-state index >= 15 is 0 Å². The van der Waals surface area contributed by atoms with Gasteiger partial charge in [-0.3, -0.25) is 4.79 Å². The summed E-state index contributed by atoms with van der Waals surface area (Å²) in [5.41, 5.74) is 2.63. The van der Waals surface area contributed by atoms with Gasteiger partial charge >= 0.3 is 0 Å². The maximum Gasteiger partial charge on any atom is 0.252 e. The lowest BCUT2D eigenvalue weighted by Gasteiger charge is -2.09. The van der Waals surface area contributed by atoms with Crippen molar-refractivity contribution in [3.8, 4) is 11.8 Å². The highest BCUT2D eigenvalue weighted by Gasteiger charge is 2.46. The zero-order valence-electron chi connectivity index (χ0n) is 12.3. The number of carbonyl (C=O) groups is 1. The lowest BCUT2D eigenvalue weighted by atomic mass is 10.0. The number of benzene rings is 1. The van der Waals surface area contributed by atoms with Gasteiger partial charge in [0.05, 0.1) is 12.2 Å². The number of hydrogen-bond donors (Lipinski definition) is 2. The first-order valence-corrected chi connectivity index (χ1v) is 6.95. The number of amides is 1. The molecule has 106 valence electrons. The smallest absolute Gasteiger partial charge is 0.252 e. The van der Waals surface area contributed by atoms with Crippen LogP contribution in [0.3, 0.4) is 0 Å². The molecule has 0 spiro atoms. The second kappa shape index (κ2) is 5.68. The van der Waals surface area contributed by atoms with Crippen LogP contribution in [-0.4, -0.2) is 23.7 Å². The Hall–Kier alpha value is -1.79. The first-order chi connectivity index (χ1) is 9.44. The Morgan fingerprint density at radius 1 is 1.50 bits per heavy atom. The van der Waals surface area contributed by atoms with E-state index in [0.717, 1.165) is 17.5 Å². The van der Waals surface area contributed by atoms with E-state index in [1.165, 1.54) is 0 Å². The summed E-state index contributed by atoms with van der Waals surface area (Å²) in [5, 5.41) is 11.8. The standard InChI is InChI=1S/C17H21NO2/c1-12-7-8-14(13(10-12)6-4-5-9-19)16(20)18-15-11-17(15,2)3/h7-8,10,15,19H,5,9,11H2,1-3H3,(H,18,20). The third-order valence-corrected chi connectivity index (χ3v) is 3.70. The molecule has 1 aliphatic rings. The highest BCUT2D eigenvalue weighted by Crippen LogP contribution is 2.44. The molecule has 2 N–H and O–H groups in total. The Morgan fingerprint density at radius 3 is 2.80 bits per heavy atom. The number of carbonyl (C=O) groups excluding carboxylic acids is 1. The number of aliphatic hydroxyl groups is 1. The molecule has 20 heavy (non-hydrogen) atoms. The fraction of sp³-hybridized carbons (Fsp3) is 0.471. The summed E-state index contributed by atoms with van der Waals surface area (Å²) < 4.78 is 0. The van der Waals surface area contributed by atoms with Crippen molar-refractivity contribution in [3.05, 3.63) is 34.9 Å². The molecule has 3 heteroatoms. The average molecular weight is 271 g/mol. The fourth-order valence-electron chi connectivity index (χ4n) is 2.12. The van der Waals surface area contributed by atoms with Gasteiger partial charge in [0.15, 0.2) is 0 Å². The van der Waals surface area contributed by atoms with Crippen LogP contribution >= 0.6 is 0 Å². The van der Waals surface area contributed by atoms with Gasteiger partial charge in [0, 0.05) is 18.0 Å². The van der Waals surface area contributed by atoms with Gasteiger partial charge in [-0.2, -0.15) is 0 Å². The predicted octanol–water partition coefficient (Wildman–Crippen LogP) is 2.26. The van der Waals surface area contributed by atoms with E-state index in [0.29, 0.717) is 12.0 Å². The zero-order valence-corrected chi connectivity index (χ0v) is 12.3. The van der Waals surface area contributed by atoms with E-state index in [1.807, 2.05) is 25.1 Å². The number of hydrogen-bond acceptors (Lipinski definition) is 2. The van der Waals surface area contributed by atoms with Crippen LogP contribution in [0.25, 0.3) is 0 Å².